The third-order valence-electron chi connectivity index (χ3n) is 3.29. The monoisotopic (exact) mass is 342 g/mol. The summed E-state index contributed by atoms with van der Waals surface area (Å²) in [5.41, 5.74) is 0. The number of halogens is 1. The zero-order valence-electron chi connectivity index (χ0n) is 12.2. The maximum atomic E-state index is 5.85. The van der Waals surface area contributed by atoms with Crippen LogP contribution in [0.15, 0.2) is 18.3 Å². The fourth-order valence-electron chi connectivity index (χ4n) is 2.41. The Hall–Kier alpha value is -0.810. The summed E-state index contributed by atoms with van der Waals surface area (Å²) in [5.74, 6) is 1.84. The van der Waals surface area contributed by atoms with Crippen molar-refractivity contribution in [1.82, 2.24) is 4.98 Å². The first-order valence-corrected chi connectivity index (χ1v) is 8.37. The van der Waals surface area contributed by atoms with E-state index in [0.717, 1.165) is 49.4 Å². The van der Waals surface area contributed by atoms with Gasteiger partial charge in [-0.05, 0) is 38.8 Å². The van der Waals surface area contributed by atoms with Crippen molar-refractivity contribution in [1.29, 1.82) is 0 Å². The van der Waals surface area contributed by atoms with Crippen LogP contribution in [0.1, 0.15) is 26.7 Å². The van der Waals surface area contributed by atoms with Gasteiger partial charge in [-0.2, -0.15) is 0 Å². The lowest BCUT2D eigenvalue weighted by molar-refractivity contribution is 0.0479. The number of rotatable bonds is 6. The summed E-state index contributed by atoms with van der Waals surface area (Å²) in [5, 5.41) is 0.903. The summed E-state index contributed by atoms with van der Waals surface area (Å²) in [6.45, 7) is 6.81. The van der Waals surface area contributed by atoms with Crippen molar-refractivity contribution in [3.63, 3.8) is 0 Å². The second-order valence-electron chi connectivity index (χ2n) is 5.24. The average Bonchev–Trinajstić information content (AvgIpc) is 2.46. The van der Waals surface area contributed by atoms with Gasteiger partial charge in [0.2, 0.25) is 0 Å². The zero-order valence-corrected chi connectivity index (χ0v) is 13.8. The highest BCUT2D eigenvalue weighted by molar-refractivity contribution is 9.09. The fourth-order valence-corrected chi connectivity index (χ4v) is 2.60. The first kappa shape index (κ1) is 15.6. The topological polar surface area (TPSA) is 34.6 Å². The summed E-state index contributed by atoms with van der Waals surface area (Å²) in [4.78, 5) is 6.79. The highest BCUT2D eigenvalue weighted by Gasteiger charge is 2.22. The van der Waals surface area contributed by atoms with Gasteiger partial charge in [0.05, 0.1) is 18.8 Å². The molecule has 0 atom stereocenters. The van der Waals surface area contributed by atoms with Crippen molar-refractivity contribution in [2.24, 2.45) is 0 Å². The molecule has 0 aromatic carbocycles. The van der Waals surface area contributed by atoms with Crippen LogP contribution in [-0.2, 0) is 4.74 Å². The molecule has 1 aromatic rings. The predicted octanol–water partition coefficient (Wildman–Crippen LogP) is 3.25. The molecule has 0 spiro atoms. The van der Waals surface area contributed by atoms with E-state index < -0.39 is 0 Å². The zero-order chi connectivity index (χ0) is 14.4. The molecule has 20 heavy (non-hydrogen) atoms. The molecule has 112 valence electrons. The Morgan fingerprint density at radius 3 is 2.80 bits per heavy atom. The summed E-state index contributed by atoms with van der Waals surface area (Å²) in [6.07, 6.45) is 4.46. The molecule has 0 radical (unpaired) electrons. The van der Waals surface area contributed by atoms with E-state index in [-0.39, 0.29) is 6.10 Å². The standard InChI is InChI=1S/C15H23BrN2O2/c1-12(2)20-14-4-3-8-17-15(14)18-9-5-13(6-10-18)19-11-7-16/h3-4,8,12-13H,5-7,9-11H2,1-2H3. The largest absolute Gasteiger partial charge is 0.487 e. The number of ether oxygens (including phenoxy) is 2. The number of pyridine rings is 1. The highest BCUT2D eigenvalue weighted by Crippen LogP contribution is 2.29. The SMILES string of the molecule is CC(C)Oc1cccnc1N1CCC(OCCBr)CC1. The van der Waals surface area contributed by atoms with Crippen molar-refractivity contribution in [2.45, 2.75) is 38.9 Å². The molecule has 0 saturated carbocycles. The second-order valence-corrected chi connectivity index (χ2v) is 6.03. The highest BCUT2D eigenvalue weighted by atomic mass is 79.9. The number of nitrogens with zero attached hydrogens (tertiary/aromatic N) is 2. The van der Waals surface area contributed by atoms with E-state index in [1.807, 2.05) is 32.2 Å². The molecule has 0 unspecified atom stereocenters. The smallest absolute Gasteiger partial charge is 0.171 e. The molecule has 1 aliphatic rings. The molecule has 0 N–H and O–H groups in total. The van der Waals surface area contributed by atoms with E-state index in [9.17, 15) is 0 Å². The maximum absolute atomic E-state index is 5.85. The molecule has 0 bridgehead atoms. The van der Waals surface area contributed by atoms with E-state index in [2.05, 4.69) is 25.8 Å². The van der Waals surface area contributed by atoms with Gasteiger partial charge in [-0.25, -0.2) is 4.98 Å². The molecular weight excluding hydrogens is 320 g/mol. The van der Waals surface area contributed by atoms with Gasteiger partial charge in [0, 0.05) is 24.6 Å². The summed E-state index contributed by atoms with van der Waals surface area (Å²) >= 11 is 3.40. The quantitative estimate of drug-likeness (QED) is 0.743. The first-order valence-electron chi connectivity index (χ1n) is 7.25. The average molecular weight is 343 g/mol. The lowest BCUT2D eigenvalue weighted by atomic mass is 10.1. The minimum atomic E-state index is 0.165. The maximum Gasteiger partial charge on any atom is 0.171 e. The lowest BCUT2D eigenvalue weighted by Crippen LogP contribution is -2.38. The molecule has 2 heterocycles. The predicted molar refractivity (Wildman–Crippen MR) is 85.0 cm³/mol. The number of hydrogen-bond donors (Lipinski definition) is 0. The van der Waals surface area contributed by atoms with Crippen molar-refractivity contribution < 1.29 is 9.47 Å². The van der Waals surface area contributed by atoms with Crippen LogP contribution in [0, 0.1) is 0 Å². The summed E-state index contributed by atoms with van der Waals surface area (Å²) in [6, 6.07) is 3.92. The number of piperidine rings is 1. The van der Waals surface area contributed by atoms with E-state index in [1.165, 1.54) is 0 Å². The Kier molecular flexibility index (Phi) is 6.10. The van der Waals surface area contributed by atoms with Crippen molar-refractivity contribution in [3.8, 4) is 5.75 Å². The molecule has 1 aromatic heterocycles. The van der Waals surface area contributed by atoms with E-state index in [1.54, 1.807) is 0 Å². The molecule has 1 fully saturated rings. The van der Waals surface area contributed by atoms with Crippen LogP contribution < -0.4 is 9.64 Å². The Labute approximate surface area is 129 Å². The van der Waals surface area contributed by atoms with Gasteiger partial charge in [0.15, 0.2) is 11.6 Å². The van der Waals surface area contributed by atoms with Gasteiger partial charge < -0.3 is 14.4 Å². The Morgan fingerprint density at radius 2 is 2.15 bits per heavy atom. The molecule has 1 saturated heterocycles. The first-order chi connectivity index (χ1) is 9.70. The molecule has 5 heteroatoms. The molecular formula is C15H23BrN2O2. The van der Waals surface area contributed by atoms with Crippen LogP contribution >= 0.6 is 15.9 Å². The number of aromatic nitrogens is 1. The van der Waals surface area contributed by atoms with Crippen molar-refractivity contribution >= 4 is 21.7 Å². The number of alkyl halides is 1. The van der Waals surface area contributed by atoms with Gasteiger partial charge in [-0.3, -0.25) is 0 Å². The van der Waals surface area contributed by atoms with Gasteiger partial charge in [0.25, 0.3) is 0 Å². The number of hydrogen-bond acceptors (Lipinski definition) is 4. The minimum Gasteiger partial charge on any atom is -0.487 e. The van der Waals surface area contributed by atoms with Crippen molar-refractivity contribution in [2.75, 3.05) is 29.9 Å². The fraction of sp³-hybridized carbons (Fsp3) is 0.667. The van der Waals surface area contributed by atoms with Gasteiger partial charge in [-0.15, -0.1) is 0 Å². The van der Waals surface area contributed by atoms with Gasteiger partial charge in [-0.1, -0.05) is 15.9 Å². The Balaban J connectivity index is 1.96. The van der Waals surface area contributed by atoms with Gasteiger partial charge >= 0.3 is 0 Å². The van der Waals surface area contributed by atoms with Crippen molar-refractivity contribution in [3.05, 3.63) is 18.3 Å². The Morgan fingerprint density at radius 1 is 1.40 bits per heavy atom. The van der Waals surface area contributed by atoms with Crippen LogP contribution in [0.4, 0.5) is 5.82 Å². The van der Waals surface area contributed by atoms with Crippen LogP contribution in [0.25, 0.3) is 0 Å². The minimum absolute atomic E-state index is 0.165. The molecule has 1 aliphatic heterocycles. The van der Waals surface area contributed by atoms with Crippen LogP contribution in [0.2, 0.25) is 0 Å². The molecule has 0 amide bonds. The third kappa shape index (κ3) is 4.35. The van der Waals surface area contributed by atoms with Crippen LogP contribution in [0.5, 0.6) is 5.75 Å². The van der Waals surface area contributed by atoms with E-state index in [4.69, 9.17) is 9.47 Å². The van der Waals surface area contributed by atoms with Gasteiger partial charge in [0.1, 0.15) is 0 Å². The number of anilines is 1. The molecule has 0 aliphatic carbocycles. The van der Waals surface area contributed by atoms with Crippen LogP contribution in [0.3, 0.4) is 0 Å². The van der Waals surface area contributed by atoms with E-state index >= 15 is 0 Å². The Bertz CT molecular complexity index is 407. The van der Waals surface area contributed by atoms with Crippen LogP contribution in [-0.4, -0.2) is 42.2 Å². The molecule has 2 rings (SSSR count). The lowest BCUT2D eigenvalue weighted by Gasteiger charge is -2.33. The third-order valence-corrected chi connectivity index (χ3v) is 3.61. The van der Waals surface area contributed by atoms with E-state index in [0.29, 0.717) is 6.10 Å². The summed E-state index contributed by atoms with van der Waals surface area (Å²) < 4.78 is 11.6. The summed E-state index contributed by atoms with van der Waals surface area (Å²) in [7, 11) is 0. The molecule has 4 nitrogen and oxygen atoms in total. The normalized spacial score (nSPS) is 16.7. The second kappa shape index (κ2) is 7.84.